The van der Waals surface area contributed by atoms with Crippen molar-refractivity contribution in [1.82, 2.24) is 14.5 Å². The molecular formula is C17H17ClN4O2S. The Morgan fingerprint density at radius 1 is 1.40 bits per heavy atom. The molecule has 0 atom stereocenters. The van der Waals surface area contributed by atoms with Gasteiger partial charge in [0.15, 0.2) is 5.16 Å². The van der Waals surface area contributed by atoms with Gasteiger partial charge in [0, 0.05) is 30.5 Å². The molecule has 1 amide bonds. The third-order valence-corrected chi connectivity index (χ3v) is 5.10. The van der Waals surface area contributed by atoms with Crippen LogP contribution in [0.4, 0.5) is 5.69 Å². The Hall–Kier alpha value is -2.25. The number of anilines is 1. The molecular weight excluding hydrogens is 360 g/mol. The van der Waals surface area contributed by atoms with Crippen LogP contribution in [0.15, 0.2) is 40.3 Å². The van der Waals surface area contributed by atoms with Gasteiger partial charge in [-0.25, -0.2) is 4.98 Å². The lowest BCUT2D eigenvalue weighted by atomic mass is 10.3. The second-order valence-electron chi connectivity index (χ2n) is 5.69. The van der Waals surface area contributed by atoms with Crippen molar-refractivity contribution in [2.45, 2.75) is 12.1 Å². The number of carbonyl (C=O) groups is 1. The van der Waals surface area contributed by atoms with Crippen molar-refractivity contribution < 1.29 is 4.79 Å². The Morgan fingerprint density at radius 3 is 2.88 bits per heavy atom. The molecule has 25 heavy (non-hydrogen) atoms. The SMILES string of the molecule is Cc1cc2nc(SCC(=O)N(C)c3cccc(Cl)c3)n(C)c(=O)c2[nH]1. The Balaban J connectivity index is 1.79. The van der Waals surface area contributed by atoms with E-state index >= 15 is 0 Å². The summed E-state index contributed by atoms with van der Waals surface area (Å²) in [5.41, 5.74) is 2.52. The molecule has 1 N–H and O–H groups in total. The number of carbonyl (C=O) groups excluding carboxylic acids is 1. The molecule has 3 rings (SSSR count). The number of thioether (sulfide) groups is 1. The van der Waals surface area contributed by atoms with Gasteiger partial charge < -0.3 is 9.88 Å². The zero-order valence-electron chi connectivity index (χ0n) is 14.0. The molecule has 130 valence electrons. The smallest absolute Gasteiger partial charge is 0.278 e. The van der Waals surface area contributed by atoms with Crippen LogP contribution in [0.5, 0.6) is 0 Å². The molecule has 2 heterocycles. The first-order chi connectivity index (χ1) is 11.9. The highest BCUT2D eigenvalue weighted by molar-refractivity contribution is 7.99. The van der Waals surface area contributed by atoms with E-state index in [4.69, 9.17) is 11.6 Å². The van der Waals surface area contributed by atoms with Gasteiger partial charge in [0.1, 0.15) is 5.52 Å². The lowest BCUT2D eigenvalue weighted by molar-refractivity contribution is -0.115. The summed E-state index contributed by atoms with van der Waals surface area (Å²) in [4.78, 5) is 33.8. The number of aromatic nitrogens is 3. The van der Waals surface area contributed by atoms with Crippen molar-refractivity contribution >= 4 is 46.0 Å². The molecule has 0 aliphatic rings. The van der Waals surface area contributed by atoms with Crippen LogP contribution in [0, 0.1) is 6.92 Å². The predicted molar refractivity (Wildman–Crippen MR) is 102 cm³/mol. The Bertz CT molecular complexity index is 1010. The van der Waals surface area contributed by atoms with Gasteiger partial charge >= 0.3 is 0 Å². The van der Waals surface area contributed by atoms with Gasteiger partial charge in [0.2, 0.25) is 5.91 Å². The van der Waals surface area contributed by atoms with E-state index in [2.05, 4.69) is 9.97 Å². The van der Waals surface area contributed by atoms with Crippen LogP contribution in [0.25, 0.3) is 11.0 Å². The maximum absolute atomic E-state index is 12.4. The number of rotatable bonds is 4. The monoisotopic (exact) mass is 376 g/mol. The first-order valence-corrected chi connectivity index (χ1v) is 8.94. The van der Waals surface area contributed by atoms with Crippen molar-refractivity contribution in [3.05, 3.63) is 51.4 Å². The van der Waals surface area contributed by atoms with Crippen LogP contribution in [0.1, 0.15) is 5.69 Å². The molecule has 0 spiro atoms. The lowest BCUT2D eigenvalue weighted by Gasteiger charge is -2.17. The first kappa shape index (κ1) is 17.6. The summed E-state index contributed by atoms with van der Waals surface area (Å²) in [6.45, 7) is 1.87. The maximum Gasteiger partial charge on any atom is 0.278 e. The number of fused-ring (bicyclic) bond motifs is 1. The molecule has 6 nitrogen and oxygen atoms in total. The number of halogens is 1. The summed E-state index contributed by atoms with van der Waals surface area (Å²) in [7, 11) is 3.35. The molecule has 0 bridgehead atoms. The normalized spacial score (nSPS) is 11.0. The summed E-state index contributed by atoms with van der Waals surface area (Å²) in [6, 6.07) is 8.92. The molecule has 0 fully saturated rings. The molecule has 0 saturated carbocycles. The third kappa shape index (κ3) is 3.57. The van der Waals surface area contributed by atoms with Crippen LogP contribution in [-0.2, 0) is 11.8 Å². The Morgan fingerprint density at radius 2 is 2.16 bits per heavy atom. The number of benzene rings is 1. The highest BCUT2D eigenvalue weighted by Gasteiger charge is 2.15. The van der Waals surface area contributed by atoms with Gasteiger partial charge in [-0.1, -0.05) is 29.4 Å². The second-order valence-corrected chi connectivity index (χ2v) is 7.07. The van der Waals surface area contributed by atoms with Crippen molar-refractivity contribution in [3.8, 4) is 0 Å². The van der Waals surface area contributed by atoms with Crippen LogP contribution in [0.2, 0.25) is 5.02 Å². The van der Waals surface area contributed by atoms with E-state index in [1.165, 1.54) is 21.2 Å². The Labute approximate surface area is 153 Å². The summed E-state index contributed by atoms with van der Waals surface area (Å²) in [6.07, 6.45) is 0. The van der Waals surface area contributed by atoms with E-state index in [1.807, 2.05) is 19.1 Å². The molecule has 3 aromatic rings. The van der Waals surface area contributed by atoms with E-state index in [1.54, 1.807) is 32.3 Å². The van der Waals surface area contributed by atoms with Crippen molar-refractivity contribution in [2.75, 3.05) is 17.7 Å². The highest BCUT2D eigenvalue weighted by atomic mass is 35.5. The highest BCUT2D eigenvalue weighted by Crippen LogP contribution is 2.21. The quantitative estimate of drug-likeness (QED) is 0.561. The van der Waals surface area contributed by atoms with E-state index in [-0.39, 0.29) is 17.2 Å². The van der Waals surface area contributed by atoms with E-state index < -0.39 is 0 Å². The number of hydrogen-bond acceptors (Lipinski definition) is 4. The topological polar surface area (TPSA) is 71.0 Å². The molecule has 0 saturated heterocycles. The lowest BCUT2D eigenvalue weighted by Crippen LogP contribution is -2.28. The first-order valence-electron chi connectivity index (χ1n) is 7.58. The molecule has 8 heteroatoms. The number of aromatic amines is 1. The van der Waals surface area contributed by atoms with Crippen LogP contribution < -0.4 is 10.5 Å². The number of nitrogens with one attached hydrogen (secondary N) is 1. The standard InChI is InChI=1S/C17H17ClN4O2S/c1-10-7-13-15(19-10)16(24)22(3)17(20-13)25-9-14(23)21(2)12-6-4-5-11(18)8-12/h4-8,19H,9H2,1-3H3. The third-order valence-electron chi connectivity index (χ3n) is 3.85. The minimum atomic E-state index is -0.156. The fraction of sp³-hybridized carbons (Fsp3) is 0.235. The van der Waals surface area contributed by atoms with Gasteiger partial charge in [0.25, 0.3) is 5.56 Å². The number of aryl methyl sites for hydroxylation is 1. The molecule has 2 aromatic heterocycles. The molecule has 1 aromatic carbocycles. The summed E-state index contributed by atoms with van der Waals surface area (Å²) >= 11 is 7.20. The van der Waals surface area contributed by atoms with E-state index in [0.29, 0.717) is 21.2 Å². The van der Waals surface area contributed by atoms with Crippen molar-refractivity contribution in [3.63, 3.8) is 0 Å². The maximum atomic E-state index is 12.4. The molecule has 0 radical (unpaired) electrons. The molecule has 0 unspecified atom stereocenters. The van der Waals surface area contributed by atoms with Gasteiger partial charge in [-0.2, -0.15) is 0 Å². The van der Waals surface area contributed by atoms with Gasteiger partial charge in [-0.05, 0) is 31.2 Å². The fourth-order valence-corrected chi connectivity index (χ4v) is 3.51. The van der Waals surface area contributed by atoms with Crippen LogP contribution in [-0.4, -0.2) is 33.2 Å². The zero-order chi connectivity index (χ0) is 18.1. The Kier molecular flexibility index (Phi) is 4.87. The number of nitrogens with zero attached hydrogens (tertiary/aromatic N) is 3. The summed E-state index contributed by atoms with van der Waals surface area (Å²) in [5.74, 6) is 0.0601. The van der Waals surface area contributed by atoms with Crippen molar-refractivity contribution in [1.29, 1.82) is 0 Å². The minimum absolute atomic E-state index is 0.105. The summed E-state index contributed by atoms with van der Waals surface area (Å²) in [5, 5.41) is 1.08. The zero-order valence-corrected chi connectivity index (χ0v) is 15.6. The van der Waals surface area contributed by atoms with E-state index in [0.717, 1.165) is 11.4 Å². The number of amides is 1. The average molecular weight is 377 g/mol. The van der Waals surface area contributed by atoms with Crippen LogP contribution in [0.3, 0.4) is 0 Å². The van der Waals surface area contributed by atoms with Gasteiger partial charge in [-0.15, -0.1) is 0 Å². The number of H-pyrrole nitrogens is 1. The molecule has 0 aliphatic heterocycles. The second kappa shape index (κ2) is 6.93. The average Bonchev–Trinajstić information content (AvgIpc) is 2.96. The molecule has 0 aliphatic carbocycles. The van der Waals surface area contributed by atoms with Crippen LogP contribution >= 0.6 is 23.4 Å². The van der Waals surface area contributed by atoms with Gasteiger partial charge in [-0.3, -0.25) is 14.2 Å². The summed E-state index contributed by atoms with van der Waals surface area (Å²) < 4.78 is 1.45. The van der Waals surface area contributed by atoms with E-state index in [9.17, 15) is 9.59 Å². The fourth-order valence-electron chi connectivity index (χ4n) is 2.44. The van der Waals surface area contributed by atoms with Crippen molar-refractivity contribution in [2.24, 2.45) is 7.05 Å². The largest absolute Gasteiger partial charge is 0.353 e. The predicted octanol–water partition coefficient (Wildman–Crippen LogP) is 2.98. The van der Waals surface area contributed by atoms with Gasteiger partial charge in [0.05, 0.1) is 11.3 Å². The minimum Gasteiger partial charge on any atom is -0.353 e. The number of hydrogen-bond donors (Lipinski definition) is 1.